The van der Waals surface area contributed by atoms with Gasteiger partial charge in [0, 0.05) is 10.7 Å². The molecule has 0 saturated heterocycles. The van der Waals surface area contributed by atoms with E-state index in [4.69, 9.17) is 45.5 Å². The summed E-state index contributed by atoms with van der Waals surface area (Å²) in [6.45, 7) is 1.93. The minimum Gasteiger partial charge on any atom is -0.212 e. The number of fused-ring (bicyclic) bond motifs is 1. The average Bonchev–Trinajstić information content (AvgIpc) is 2.62. The number of hydrogen-bond acceptors (Lipinski definition) is 4. The van der Waals surface area contributed by atoms with Gasteiger partial charge in [-0.3, -0.25) is 0 Å². The minimum atomic E-state index is -4.10. The zero-order valence-electron chi connectivity index (χ0n) is 9.49. The highest BCUT2D eigenvalue weighted by Gasteiger charge is 2.26. The molecule has 2 aromatic heterocycles. The Labute approximate surface area is 128 Å². The Morgan fingerprint density at radius 1 is 1.21 bits per heavy atom. The Balaban J connectivity index is 2.91. The highest BCUT2D eigenvalue weighted by Crippen LogP contribution is 2.33. The lowest BCUT2D eigenvalue weighted by Gasteiger charge is -2.06. The van der Waals surface area contributed by atoms with Crippen LogP contribution in [-0.4, -0.2) is 23.0 Å². The third-order valence-corrected chi connectivity index (χ3v) is 4.86. The van der Waals surface area contributed by atoms with E-state index in [1.54, 1.807) is 0 Å². The molecule has 0 spiro atoms. The fraction of sp³-hybridized carbons (Fsp3) is 0.333. The molecule has 0 unspecified atom stereocenters. The van der Waals surface area contributed by atoms with E-state index < -0.39 is 14.1 Å². The normalized spacial score (nSPS) is 12.3. The van der Waals surface area contributed by atoms with E-state index in [2.05, 4.69) is 10.1 Å². The second kappa shape index (κ2) is 5.26. The number of halogens is 4. The van der Waals surface area contributed by atoms with Crippen LogP contribution in [0.1, 0.15) is 19.0 Å². The number of nitrogens with zero attached hydrogens (tertiary/aromatic N) is 3. The maximum Gasteiger partial charge on any atom is 0.281 e. The fourth-order valence-corrected chi connectivity index (χ4v) is 3.62. The molecule has 2 heterocycles. The number of aromatic nitrogens is 3. The summed E-state index contributed by atoms with van der Waals surface area (Å²) in [6, 6.07) is 0. The monoisotopic (exact) mass is 361 g/mol. The van der Waals surface area contributed by atoms with Crippen molar-refractivity contribution in [2.75, 3.05) is 0 Å². The number of rotatable bonds is 3. The van der Waals surface area contributed by atoms with Gasteiger partial charge in [0.05, 0.1) is 10.7 Å². The summed E-state index contributed by atoms with van der Waals surface area (Å²) < 4.78 is 24.0. The molecule has 0 bridgehead atoms. The van der Waals surface area contributed by atoms with E-state index in [0.717, 1.165) is 10.9 Å². The third-order valence-electron chi connectivity index (χ3n) is 2.35. The summed E-state index contributed by atoms with van der Waals surface area (Å²) in [7, 11) is 1.22. The smallest absolute Gasteiger partial charge is 0.212 e. The van der Waals surface area contributed by atoms with E-state index in [1.165, 1.54) is 0 Å². The van der Waals surface area contributed by atoms with E-state index >= 15 is 0 Å². The molecule has 0 atom stereocenters. The lowest BCUT2D eigenvalue weighted by atomic mass is 10.2. The first-order chi connectivity index (χ1) is 8.77. The van der Waals surface area contributed by atoms with Gasteiger partial charge in [0.1, 0.15) is 5.02 Å². The molecule has 0 aliphatic carbocycles. The number of hydrogen-bond donors (Lipinski definition) is 0. The van der Waals surface area contributed by atoms with Gasteiger partial charge in [0.2, 0.25) is 5.03 Å². The van der Waals surface area contributed by atoms with Crippen molar-refractivity contribution < 1.29 is 8.42 Å². The molecular formula is C9H7Cl4N3O2S. The molecule has 2 aromatic rings. The molecule has 0 fully saturated rings. The summed E-state index contributed by atoms with van der Waals surface area (Å²) >= 11 is 17.9. The first-order valence-corrected chi connectivity index (χ1v) is 8.58. The highest BCUT2D eigenvalue weighted by molar-refractivity contribution is 8.13. The number of aryl methyl sites for hydroxylation is 1. The van der Waals surface area contributed by atoms with Crippen LogP contribution in [0.4, 0.5) is 0 Å². The van der Waals surface area contributed by atoms with Gasteiger partial charge >= 0.3 is 0 Å². The summed E-state index contributed by atoms with van der Waals surface area (Å²) in [5.74, 6) is 0. The topological polar surface area (TPSA) is 64.3 Å². The molecule has 0 radical (unpaired) electrons. The van der Waals surface area contributed by atoms with E-state index in [9.17, 15) is 8.42 Å². The minimum absolute atomic E-state index is 0.0516. The quantitative estimate of drug-likeness (QED) is 0.783. The lowest BCUT2D eigenvalue weighted by molar-refractivity contribution is 0.601. The van der Waals surface area contributed by atoms with Crippen LogP contribution in [0.15, 0.2) is 5.03 Å². The van der Waals surface area contributed by atoms with Crippen LogP contribution in [0.25, 0.3) is 5.65 Å². The average molecular weight is 363 g/mol. The predicted octanol–water partition coefficient (Wildman–Crippen LogP) is 3.57. The molecule has 0 amide bonds. The second-order valence-corrected chi connectivity index (χ2v) is 7.30. The van der Waals surface area contributed by atoms with Crippen molar-refractivity contribution in [3.05, 3.63) is 20.9 Å². The van der Waals surface area contributed by atoms with E-state index in [0.29, 0.717) is 12.1 Å². The van der Waals surface area contributed by atoms with Gasteiger partial charge in [0.25, 0.3) is 9.05 Å². The van der Waals surface area contributed by atoms with Crippen molar-refractivity contribution >= 4 is 60.2 Å². The molecule has 0 aliphatic heterocycles. The Kier molecular flexibility index (Phi) is 4.18. The first kappa shape index (κ1) is 15.1. The fourth-order valence-electron chi connectivity index (χ4n) is 1.60. The SMILES string of the molecule is CCCc1nn2c(S(=O)(=O)Cl)c(Cl)nc2c(Cl)c1Cl. The Bertz CT molecular complexity index is 757. The summed E-state index contributed by atoms with van der Waals surface area (Å²) in [6.07, 6.45) is 1.30. The van der Waals surface area contributed by atoms with Crippen LogP contribution in [0, 0.1) is 0 Å². The molecule has 0 saturated carbocycles. The molecule has 19 heavy (non-hydrogen) atoms. The van der Waals surface area contributed by atoms with E-state index in [1.807, 2.05) is 6.92 Å². The van der Waals surface area contributed by atoms with Gasteiger partial charge < -0.3 is 0 Å². The maximum absolute atomic E-state index is 11.5. The Hall–Kier alpha value is -0.270. The molecule has 0 N–H and O–H groups in total. The molecule has 2 rings (SSSR count). The van der Waals surface area contributed by atoms with Crippen molar-refractivity contribution in [1.29, 1.82) is 0 Å². The third kappa shape index (κ3) is 2.64. The van der Waals surface area contributed by atoms with Crippen LogP contribution < -0.4 is 0 Å². The highest BCUT2D eigenvalue weighted by atomic mass is 35.7. The van der Waals surface area contributed by atoms with Gasteiger partial charge in [-0.2, -0.15) is 9.61 Å². The molecule has 5 nitrogen and oxygen atoms in total. The molecule has 0 aromatic carbocycles. The van der Waals surface area contributed by atoms with Crippen molar-refractivity contribution in [3.8, 4) is 0 Å². The molecule has 104 valence electrons. The van der Waals surface area contributed by atoms with Gasteiger partial charge in [-0.1, -0.05) is 48.1 Å². The summed E-state index contributed by atoms with van der Waals surface area (Å²) in [5, 5.41) is 3.71. The largest absolute Gasteiger partial charge is 0.281 e. The molecular weight excluding hydrogens is 356 g/mol. The summed E-state index contributed by atoms with van der Waals surface area (Å²) in [5.41, 5.74) is 0.507. The van der Waals surface area contributed by atoms with Crippen LogP contribution in [-0.2, 0) is 15.5 Å². The molecule has 10 heteroatoms. The predicted molar refractivity (Wildman–Crippen MR) is 75.1 cm³/mol. The maximum atomic E-state index is 11.5. The van der Waals surface area contributed by atoms with Crippen molar-refractivity contribution in [3.63, 3.8) is 0 Å². The zero-order chi connectivity index (χ0) is 14.4. The van der Waals surface area contributed by atoms with Gasteiger partial charge in [-0.05, 0) is 6.42 Å². The second-order valence-electron chi connectivity index (χ2n) is 3.71. The van der Waals surface area contributed by atoms with Crippen molar-refractivity contribution in [1.82, 2.24) is 14.6 Å². The van der Waals surface area contributed by atoms with Crippen molar-refractivity contribution in [2.24, 2.45) is 0 Å². The standard InChI is InChI=1S/C9H7Cl4N3O2S/c1-2-3-4-5(10)6(11)8-14-7(12)9(16(8)15-4)19(13,17)18/h2-3H2,1H3. The van der Waals surface area contributed by atoms with Gasteiger partial charge in [-0.15, -0.1) is 0 Å². The van der Waals surface area contributed by atoms with Gasteiger partial charge in [0.15, 0.2) is 10.8 Å². The van der Waals surface area contributed by atoms with Crippen LogP contribution in [0.5, 0.6) is 0 Å². The van der Waals surface area contributed by atoms with Crippen LogP contribution in [0.2, 0.25) is 15.2 Å². The zero-order valence-corrected chi connectivity index (χ0v) is 13.3. The Morgan fingerprint density at radius 3 is 2.37 bits per heavy atom. The van der Waals surface area contributed by atoms with E-state index in [-0.39, 0.29) is 20.8 Å². The van der Waals surface area contributed by atoms with Gasteiger partial charge in [-0.25, -0.2) is 13.4 Å². The first-order valence-electron chi connectivity index (χ1n) is 5.14. The molecule has 0 aliphatic rings. The number of imidazole rings is 1. The lowest BCUT2D eigenvalue weighted by Crippen LogP contribution is -2.05. The van der Waals surface area contributed by atoms with Crippen LogP contribution in [0.3, 0.4) is 0 Å². The van der Waals surface area contributed by atoms with Crippen LogP contribution >= 0.6 is 45.5 Å². The summed E-state index contributed by atoms with van der Waals surface area (Å²) in [4.78, 5) is 3.83. The Morgan fingerprint density at radius 2 is 1.84 bits per heavy atom. The van der Waals surface area contributed by atoms with Crippen molar-refractivity contribution in [2.45, 2.75) is 24.8 Å².